The largest absolute Gasteiger partial charge is 0.276 e. The Balaban J connectivity index is 2.38. The molecule has 0 atom stereocenters. The Bertz CT molecular complexity index is 616. The minimum Gasteiger partial charge on any atom is -0.276 e. The van der Waals surface area contributed by atoms with E-state index in [1.54, 1.807) is 6.07 Å². The van der Waals surface area contributed by atoms with Gasteiger partial charge in [0.2, 0.25) is 10.0 Å². The molecule has 0 radical (unpaired) electrons. The maximum absolute atomic E-state index is 11.5. The van der Waals surface area contributed by atoms with E-state index in [1.807, 2.05) is 18.2 Å². The van der Waals surface area contributed by atoms with Crippen molar-refractivity contribution in [3.63, 3.8) is 0 Å². The number of H-pyrrole nitrogens is 1. The van der Waals surface area contributed by atoms with Crippen molar-refractivity contribution in [2.24, 2.45) is 0 Å². The third-order valence-electron chi connectivity index (χ3n) is 2.06. The first kappa shape index (κ1) is 10.7. The number of aromatic nitrogens is 2. The highest BCUT2D eigenvalue weighted by atomic mass is 32.2. The Morgan fingerprint density at radius 3 is 2.94 bits per heavy atom. The number of aromatic amines is 1. The molecule has 0 saturated carbocycles. The number of nitrogens with one attached hydrogen (secondary N) is 2. The Labute approximate surface area is 93.2 Å². The predicted octanol–water partition coefficient (Wildman–Crippen LogP) is 1.49. The lowest BCUT2D eigenvalue weighted by molar-refractivity contribution is 0.604. The van der Waals surface area contributed by atoms with Gasteiger partial charge in [-0.25, -0.2) is 8.42 Å². The number of anilines is 1. The Morgan fingerprint density at radius 2 is 2.19 bits per heavy atom. The predicted molar refractivity (Wildman–Crippen MR) is 63.7 cm³/mol. The summed E-state index contributed by atoms with van der Waals surface area (Å²) in [7, 11) is -3.40. The van der Waals surface area contributed by atoms with E-state index in [1.165, 1.54) is 6.08 Å². The summed E-state index contributed by atoms with van der Waals surface area (Å²) in [5.41, 5.74) is 0.791. The number of sulfonamides is 1. The van der Waals surface area contributed by atoms with Crippen molar-refractivity contribution in [2.45, 2.75) is 0 Å². The quantitative estimate of drug-likeness (QED) is 0.791. The van der Waals surface area contributed by atoms with Crippen LogP contribution in [0, 0.1) is 0 Å². The number of para-hydroxylation sites is 1. The molecule has 0 saturated heterocycles. The van der Waals surface area contributed by atoms with Crippen molar-refractivity contribution < 1.29 is 8.42 Å². The molecule has 0 aliphatic rings. The molecule has 0 bridgehead atoms. The van der Waals surface area contributed by atoms with Gasteiger partial charge in [0.25, 0.3) is 0 Å². The summed E-state index contributed by atoms with van der Waals surface area (Å²) < 4.78 is 25.4. The lowest BCUT2D eigenvalue weighted by Gasteiger charge is -2.02. The van der Waals surface area contributed by atoms with Gasteiger partial charge in [0.1, 0.15) is 0 Å². The fraction of sp³-hybridized carbons (Fsp3) is 0.100. The van der Waals surface area contributed by atoms with Gasteiger partial charge in [-0.15, -0.1) is 6.58 Å². The van der Waals surface area contributed by atoms with Crippen LogP contribution in [0.1, 0.15) is 0 Å². The fourth-order valence-electron chi connectivity index (χ4n) is 1.39. The van der Waals surface area contributed by atoms with Crippen LogP contribution in [0.25, 0.3) is 10.9 Å². The first-order valence-corrected chi connectivity index (χ1v) is 6.32. The van der Waals surface area contributed by atoms with Crippen LogP contribution in [-0.4, -0.2) is 24.4 Å². The van der Waals surface area contributed by atoms with E-state index in [9.17, 15) is 8.42 Å². The second-order valence-corrected chi connectivity index (χ2v) is 5.06. The number of rotatable bonds is 4. The molecule has 2 N–H and O–H groups in total. The van der Waals surface area contributed by atoms with Gasteiger partial charge in [0, 0.05) is 5.39 Å². The number of benzene rings is 1. The molecular formula is C10H11N3O2S. The normalized spacial score (nSPS) is 11.5. The standard InChI is InChI=1S/C10H11N3O2S/c1-2-7-16(14,15)13-10-8-5-3-4-6-9(8)11-12-10/h2-6H,1,7H2,(H2,11,12,13). The van der Waals surface area contributed by atoms with Gasteiger partial charge in [-0.05, 0) is 12.1 Å². The second kappa shape index (κ2) is 3.97. The Kier molecular flexibility index (Phi) is 2.66. The SMILES string of the molecule is C=CCS(=O)(=O)Nc1n[nH]c2ccccc12. The van der Waals surface area contributed by atoms with Crippen LogP contribution in [0.3, 0.4) is 0 Å². The monoisotopic (exact) mass is 237 g/mol. The van der Waals surface area contributed by atoms with E-state index in [2.05, 4.69) is 21.5 Å². The van der Waals surface area contributed by atoms with Crippen LogP contribution >= 0.6 is 0 Å². The summed E-state index contributed by atoms with van der Waals surface area (Å²) in [6.07, 6.45) is 1.33. The molecule has 2 rings (SSSR count). The Morgan fingerprint density at radius 1 is 1.44 bits per heavy atom. The van der Waals surface area contributed by atoms with Crippen molar-refractivity contribution in [1.82, 2.24) is 10.2 Å². The zero-order valence-electron chi connectivity index (χ0n) is 8.47. The van der Waals surface area contributed by atoms with E-state index in [-0.39, 0.29) is 5.75 Å². The number of fused-ring (bicyclic) bond motifs is 1. The molecule has 0 aliphatic heterocycles. The molecule has 0 amide bonds. The third kappa shape index (κ3) is 2.06. The highest BCUT2D eigenvalue weighted by Gasteiger charge is 2.12. The summed E-state index contributed by atoms with van der Waals surface area (Å²) in [6, 6.07) is 7.30. The minimum absolute atomic E-state index is 0.131. The molecule has 2 aromatic rings. The lowest BCUT2D eigenvalue weighted by atomic mass is 10.2. The van der Waals surface area contributed by atoms with E-state index in [0.717, 1.165) is 10.9 Å². The molecule has 0 spiro atoms. The zero-order valence-corrected chi connectivity index (χ0v) is 9.29. The first-order valence-electron chi connectivity index (χ1n) is 4.67. The lowest BCUT2D eigenvalue weighted by Crippen LogP contribution is -2.15. The summed E-state index contributed by atoms with van der Waals surface area (Å²) in [5, 5.41) is 7.41. The van der Waals surface area contributed by atoms with Crippen molar-refractivity contribution >= 4 is 26.7 Å². The number of hydrogen-bond donors (Lipinski definition) is 2. The van der Waals surface area contributed by atoms with Crippen molar-refractivity contribution in [3.8, 4) is 0 Å². The molecule has 0 aliphatic carbocycles. The van der Waals surface area contributed by atoms with Gasteiger partial charge in [0.15, 0.2) is 5.82 Å². The molecule has 5 nitrogen and oxygen atoms in total. The topological polar surface area (TPSA) is 74.8 Å². The van der Waals surface area contributed by atoms with Crippen molar-refractivity contribution in [2.75, 3.05) is 10.5 Å². The van der Waals surface area contributed by atoms with Crippen molar-refractivity contribution in [3.05, 3.63) is 36.9 Å². The van der Waals surface area contributed by atoms with Crippen LogP contribution in [-0.2, 0) is 10.0 Å². The molecule has 84 valence electrons. The fourth-order valence-corrected chi connectivity index (χ4v) is 2.23. The van der Waals surface area contributed by atoms with Crippen LogP contribution in [0.15, 0.2) is 36.9 Å². The summed E-state index contributed by atoms with van der Waals surface area (Å²) in [4.78, 5) is 0. The van der Waals surface area contributed by atoms with Gasteiger partial charge in [-0.3, -0.25) is 9.82 Å². The summed E-state index contributed by atoms with van der Waals surface area (Å²) in [6.45, 7) is 3.39. The van der Waals surface area contributed by atoms with E-state index in [0.29, 0.717) is 5.82 Å². The average molecular weight is 237 g/mol. The molecule has 1 aromatic carbocycles. The average Bonchev–Trinajstić information content (AvgIpc) is 2.61. The summed E-state index contributed by atoms with van der Waals surface area (Å²) >= 11 is 0. The van der Waals surface area contributed by atoms with E-state index in [4.69, 9.17) is 0 Å². The van der Waals surface area contributed by atoms with Crippen LogP contribution < -0.4 is 4.72 Å². The molecule has 0 fully saturated rings. The highest BCUT2D eigenvalue weighted by Crippen LogP contribution is 2.20. The molecule has 6 heteroatoms. The summed E-state index contributed by atoms with van der Waals surface area (Å²) in [5.74, 6) is 0.186. The van der Waals surface area contributed by atoms with Gasteiger partial charge in [-0.2, -0.15) is 5.10 Å². The smallest absolute Gasteiger partial charge is 0.237 e. The van der Waals surface area contributed by atoms with E-state index >= 15 is 0 Å². The van der Waals surface area contributed by atoms with Gasteiger partial charge >= 0.3 is 0 Å². The minimum atomic E-state index is -3.40. The highest BCUT2D eigenvalue weighted by molar-refractivity contribution is 7.92. The van der Waals surface area contributed by atoms with Gasteiger partial charge in [-0.1, -0.05) is 18.2 Å². The molecular weight excluding hydrogens is 226 g/mol. The molecule has 1 aromatic heterocycles. The number of nitrogens with zero attached hydrogens (tertiary/aromatic N) is 1. The van der Waals surface area contributed by atoms with Crippen molar-refractivity contribution in [1.29, 1.82) is 0 Å². The van der Waals surface area contributed by atoms with Crippen LogP contribution in [0.4, 0.5) is 5.82 Å². The molecule has 1 heterocycles. The number of hydrogen-bond acceptors (Lipinski definition) is 3. The first-order chi connectivity index (χ1) is 7.62. The van der Waals surface area contributed by atoms with Crippen LogP contribution in [0.5, 0.6) is 0 Å². The Hall–Kier alpha value is -1.82. The molecule has 0 unspecified atom stereocenters. The van der Waals surface area contributed by atoms with E-state index < -0.39 is 10.0 Å². The maximum atomic E-state index is 11.5. The van der Waals surface area contributed by atoms with Crippen LogP contribution in [0.2, 0.25) is 0 Å². The molecule has 16 heavy (non-hydrogen) atoms. The maximum Gasteiger partial charge on any atom is 0.237 e. The second-order valence-electron chi connectivity index (χ2n) is 3.29. The van der Waals surface area contributed by atoms with Gasteiger partial charge < -0.3 is 0 Å². The third-order valence-corrected chi connectivity index (χ3v) is 3.24. The van der Waals surface area contributed by atoms with Gasteiger partial charge in [0.05, 0.1) is 11.3 Å². The zero-order chi connectivity index (χ0) is 11.6.